The highest BCUT2D eigenvalue weighted by atomic mass is 16.5. The lowest BCUT2D eigenvalue weighted by atomic mass is 9.88. The van der Waals surface area contributed by atoms with Gasteiger partial charge in [-0.2, -0.15) is 0 Å². The maximum absolute atomic E-state index is 5.66. The number of nitrogens with zero attached hydrogens (tertiary/aromatic N) is 1. The van der Waals surface area contributed by atoms with Crippen molar-refractivity contribution in [1.82, 2.24) is 9.97 Å². The Balaban J connectivity index is 1.68. The third kappa shape index (κ3) is 4.58. The zero-order valence-electron chi connectivity index (χ0n) is 17.8. The number of nitrogens with one attached hydrogen (secondary N) is 2. The molecule has 1 unspecified atom stereocenters. The largest absolute Gasteiger partial charge is 0.494 e. The van der Waals surface area contributed by atoms with Crippen molar-refractivity contribution in [3.63, 3.8) is 0 Å². The highest BCUT2D eigenvalue weighted by Crippen LogP contribution is 2.36. The van der Waals surface area contributed by atoms with Crippen LogP contribution in [0.15, 0.2) is 46.7 Å². The van der Waals surface area contributed by atoms with Crippen LogP contribution in [0.4, 0.5) is 0 Å². The summed E-state index contributed by atoms with van der Waals surface area (Å²) in [4.78, 5) is 11.8. The number of hydrogen-bond acceptors (Lipinski definition) is 2. The van der Waals surface area contributed by atoms with Gasteiger partial charge in [-0.25, -0.2) is 0 Å². The summed E-state index contributed by atoms with van der Waals surface area (Å²) in [5.41, 5.74) is 6.86. The van der Waals surface area contributed by atoms with Gasteiger partial charge in [0.15, 0.2) is 0 Å². The van der Waals surface area contributed by atoms with Crippen molar-refractivity contribution in [3.8, 4) is 17.1 Å². The van der Waals surface area contributed by atoms with E-state index >= 15 is 0 Å². The van der Waals surface area contributed by atoms with Crippen molar-refractivity contribution in [1.29, 1.82) is 0 Å². The normalized spacial score (nSPS) is 22.0. The quantitative estimate of drug-likeness (QED) is 0.585. The lowest BCUT2D eigenvalue weighted by molar-refractivity contribution is 0.414. The molecule has 4 rings (SSSR count). The van der Waals surface area contributed by atoms with Crippen LogP contribution in [0.2, 0.25) is 0 Å². The smallest absolute Gasteiger partial charge is 0.144 e. The fraction of sp³-hybridized carbons (Fsp3) is 0.480. The van der Waals surface area contributed by atoms with Crippen molar-refractivity contribution in [2.75, 3.05) is 7.11 Å². The molecular weight excluding hydrogens is 358 g/mol. The summed E-state index contributed by atoms with van der Waals surface area (Å²) >= 11 is 0. The fourth-order valence-electron chi connectivity index (χ4n) is 4.57. The van der Waals surface area contributed by atoms with E-state index in [1.807, 2.05) is 12.3 Å². The van der Waals surface area contributed by atoms with Crippen molar-refractivity contribution in [3.05, 3.63) is 47.4 Å². The maximum Gasteiger partial charge on any atom is 0.144 e. The first-order chi connectivity index (χ1) is 14.3. The molecule has 2 bridgehead atoms. The van der Waals surface area contributed by atoms with Gasteiger partial charge in [-0.3, -0.25) is 4.99 Å². The van der Waals surface area contributed by atoms with Gasteiger partial charge < -0.3 is 14.7 Å². The Kier molecular flexibility index (Phi) is 6.38. The Morgan fingerprint density at radius 3 is 2.72 bits per heavy atom. The summed E-state index contributed by atoms with van der Waals surface area (Å²) in [5, 5.41) is 0. The molecule has 0 aromatic carbocycles. The molecule has 0 spiro atoms. The minimum atomic E-state index is 0.589. The Hall–Kier alpha value is -2.49. The topological polar surface area (TPSA) is 53.2 Å². The van der Waals surface area contributed by atoms with Gasteiger partial charge in [0.25, 0.3) is 0 Å². The molecule has 4 heteroatoms. The predicted octanol–water partition coefficient (Wildman–Crippen LogP) is 6.90. The van der Waals surface area contributed by atoms with Gasteiger partial charge in [0.05, 0.1) is 29.9 Å². The number of methoxy groups -OCH3 is 1. The van der Waals surface area contributed by atoms with Crippen LogP contribution in [0, 0.1) is 5.92 Å². The molecule has 2 aromatic rings. The third-order valence-electron chi connectivity index (χ3n) is 6.25. The van der Waals surface area contributed by atoms with E-state index in [9.17, 15) is 0 Å². The van der Waals surface area contributed by atoms with Gasteiger partial charge in [-0.05, 0) is 61.5 Å². The van der Waals surface area contributed by atoms with Gasteiger partial charge in [-0.1, -0.05) is 39.0 Å². The number of ether oxygens (including phenoxy) is 1. The first-order valence-electron chi connectivity index (χ1n) is 11.2. The molecule has 3 heterocycles. The number of rotatable bonds is 4. The second-order valence-corrected chi connectivity index (χ2v) is 8.25. The maximum atomic E-state index is 5.66. The number of aromatic nitrogens is 2. The molecule has 154 valence electrons. The number of aromatic amines is 2. The summed E-state index contributed by atoms with van der Waals surface area (Å²) in [6.45, 7) is 2.31. The van der Waals surface area contributed by atoms with E-state index < -0.39 is 0 Å². The van der Waals surface area contributed by atoms with Crippen LogP contribution in [-0.2, 0) is 0 Å². The summed E-state index contributed by atoms with van der Waals surface area (Å²) in [6, 6.07) is 6.13. The van der Waals surface area contributed by atoms with Crippen molar-refractivity contribution >= 4 is 11.8 Å². The number of H-pyrrole nitrogens is 2. The van der Waals surface area contributed by atoms with Crippen LogP contribution in [-0.4, -0.2) is 22.8 Å². The van der Waals surface area contributed by atoms with Gasteiger partial charge in [0.2, 0.25) is 0 Å². The Labute approximate surface area is 174 Å². The van der Waals surface area contributed by atoms with Gasteiger partial charge >= 0.3 is 0 Å². The first kappa shape index (κ1) is 19.8. The molecule has 2 N–H and O–H groups in total. The number of aliphatic imine (C=N–C) groups is 1. The minimum absolute atomic E-state index is 0.589. The van der Waals surface area contributed by atoms with Gasteiger partial charge in [0.1, 0.15) is 5.75 Å². The van der Waals surface area contributed by atoms with E-state index in [1.54, 1.807) is 7.11 Å². The molecular formula is C25H33N3O. The standard InChI is InChI=1S/C25H33N3O/c1-3-18-11-8-6-4-5-7-9-12-19-15-20(18)22(27-19)16-24-25(29-2)17-23(28-24)21-13-10-14-26-21/h10,13-18,26,28H,3-9,11-12H2,1-2H3. The van der Waals surface area contributed by atoms with E-state index in [2.05, 4.69) is 41.2 Å². The summed E-state index contributed by atoms with van der Waals surface area (Å²) < 4.78 is 5.66. The second-order valence-electron chi connectivity index (χ2n) is 8.25. The molecule has 1 aliphatic heterocycles. The van der Waals surface area contributed by atoms with Crippen LogP contribution in [0.25, 0.3) is 17.5 Å². The minimum Gasteiger partial charge on any atom is -0.494 e. The summed E-state index contributed by atoms with van der Waals surface area (Å²) in [6.07, 6.45) is 18.0. The Morgan fingerprint density at radius 2 is 1.97 bits per heavy atom. The van der Waals surface area contributed by atoms with E-state index in [0.29, 0.717) is 5.92 Å². The molecule has 0 saturated carbocycles. The summed E-state index contributed by atoms with van der Waals surface area (Å²) in [5.74, 6) is 1.45. The molecule has 4 nitrogen and oxygen atoms in total. The number of hydrogen-bond donors (Lipinski definition) is 2. The fourth-order valence-corrected chi connectivity index (χ4v) is 4.57. The predicted molar refractivity (Wildman–Crippen MR) is 121 cm³/mol. The monoisotopic (exact) mass is 391 g/mol. The molecule has 29 heavy (non-hydrogen) atoms. The van der Waals surface area contributed by atoms with Crippen LogP contribution < -0.4 is 4.74 Å². The van der Waals surface area contributed by atoms with E-state index in [0.717, 1.165) is 34.9 Å². The average molecular weight is 392 g/mol. The third-order valence-corrected chi connectivity index (χ3v) is 6.25. The van der Waals surface area contributed by atoms with Gasteiger partial charge in [-0.15, -0.1) is 0 Å². The zero-order valence-corrected chi connectivity index (χ0v) is 17.8. The van der Waals surface area contributed by atoms with Crippen LogP contribution in [0.3, 0.4) is 0 Å². The highest BCUT2D eigenvalue weighted by Gasteiger charge is 2.23. The molecule has 2 aromatic heterocycles. The number of allylic oxidation sites excluding steroid dienone is 2. The first-order valence-corrected chi connectivity index (χ1v) is 11.2. The van der Waals surface area contributed by atoms with E-state index in [4.69, 9.17) is 9.73 Å². The molecule has 0 saturated heterocycles. The lowest BCUT2D eigenvalue weighted by Crippen LogP contribution is -2.04. The average Bonchev–Trinajstić information content (AvgIpc) is 3.46. The van der Waals surface area contributed by atoms with Crippen LogP contribution in [0.5, 0.6) is 5.75 Å². The highest BCUT2D eigenvalue weighted by molar-refractivity contribution is 6.00. The molecule has 1 atom stereocenters. The SMILES string of the molecule is CCC1CCCCCCCCC2=NC(=Cc3[nH]c(-c4ccc[nH]4)cc3OC)C1=C2. The van der Waals surface area contributed by atoms with Crippen molar-refractivity contribution in [2.24, 2.45) is 10.9 Å². The van der Waals surface area contributed by atoms with E-state index in [1.165, 1.54) is 62.7 Å². The molecule has 1 aliphatic carbocycles. The molecule has 0 fully saturated rings. The zero-order chi connectivity index (χ0) is 20.1. The summed E-state index contributed by atoms with van der Waals surface area (Å²) in [7, 11) is 1.73. The molecule has 0 amide bonds. The van der Waals surface area contributed by atoms with Crippen LogP contribution in [0.1, 0.15) is 70.4 Å². The molecule has 2 aliphatic rings. The van der Waals surface area contributed by atoms with Crippen LogP contribution >= 0.6 is 0 Å². The number of fused-ring (bicyclic) bond motifs is 1. The second kappa shape index (κ2) is 9.34. The van der Waals surface area contributed by atoms with Gasteiger partial charge in [0, 0.05) is 18.0 Å². The Bertz CT molecular complexity index is 899. The van der Waals surface area contributed by atoms with Crippen molar-refractivity contribution < 1.29 is 4.74 Å². The van der Waals surface area contributed by atoms with E-state index in [-0.39, 0.29) is 0 Å². The van der Waals surface area contributed by atoms with Crippen molar-refractivity contribution in [2.45, 2.75) is 64.7 Å². The molecule has 0 radical (unpaired) electrons. The lowest BCUT2D eigenvalue weighted by Gasteiger charge is -2.17. The Morgan fingerprint density at radius 1 is 1.14 bits per heavy atom.